The van der Waals surface area contributed by atoms with Crippen LogP contribution < -0.4 is 5.32 Å². The summed E-state index contributed by atoms with van der Waals surface area (Å²) in [5.41, 5.74) is -1.32. The number of rotatable bonds is 4. The van der Waals surface area contributed by atoms with E-state index in [9.17, 15) is 24.8 Å². The van der Waals surface area contributed by atoms with E-state index in [1.807, 2.05) is 0 Å². The largest absolute Gasteiger partial charge is 0.479 e. The number of carbonyl (C=O) groups excluding carboxylic acids is 1. The third kappa shape index (κ3) is 2.85. The number of carbonyl (C=O) groups is 2. The molecule has 1 heterocycles. The van der Waals surface area contributed by atoms with Crippen molar-refractivity contribution in [3.8, 4) is 0 Å². The van der Waals surface area contributed by atoms with Crippen LogP contribution in [0.15, 0.2) is 18.2 Å². The van der Waals surface area contributed by atoms with Crippen LogP contribution in [0.3, 0.4) is 0 Å². The molecule has 112 valence electrons. The average Bonchev–Trinajstić information content (AvgIpc) is 2.87. The van der Waals surface area contributed by atoms with Gasteiger partial charge >= 0.3 is 5.97 Å². The maximum Gasteiger partial charge on any atom is 0.330 e. The number of hydrogen-bond acceptors (Lipinski definition) is 5. The highest BCUT2D eigenvalue weighted by Gasteiger charge is 2.44. The van der Waals surface area contributed by atoms with E-state index in [1.54, 1.807) is 13.0 Å². The normalized spacial score (nSPS) is 21.0. The minimum Gasteiger partial charge on any atom is -0.479 e. The highest BCUT2D eigenvalue weighted by Crippen LogP contribution is 2.30. The molecule has 7 nitrogen and oxygen atoms in total. The van der Waals surface area contributed by atoms with E-state index in [0.717, 1.165) is 0 Å². The van der Waals surface area contributed by atoms with E-state index < -0.39 is 22.3 Å². The number of thioether (sulfide) groups is 1. The fourth-order valence-electron chi connectivity index (χ4n) is 2.27. The van der Waals surface area contributed by atoms with Crippen LogP contribution in [0.1, 0.15) is 22.3 Å². The fraction of sp³-hybridized carbons (Fsp3) is 0.385. The summed E-state index contributed by atoms with van der Waals surface area (Å²) < 4.78 is 0. The van der Waals surface area contributed by atoms with Crippen molar-refractivity contribution in [1.82, 2.24) is 5.32 Å². The van der Waals surface area contributed by atoms with Gasteiger partial charge in [-0.1, -0.05) is 12.1 Å². The Morgan fingerprint density at radius 2 is 2.19 bits per heavy atom. The summed E-state index contributed by atoms with van der Waals surface area (Å²) in [5, 5.41) is 22.9. The van der Waals surface area contributed by atoms with Gasteiger partial charge in [0.15, 0.2) is 0 Å². The smallest absolute Gasteiger partial charge is 0.330 e. The molecule has 2 N–H and O–H groups in total. The number of carboxylic acids is 1. The molecular formula is C13H14N2O5S. The minimum atomic E-state index is -1.35. The van der Waals surface area contributed by atoms with Crippen molar-refractivity contribution in [2.24, 2.45) is 0 Å². The van der Waals surface area contributed by atoms with Crippen LogP contribution in [0.25, 0.3) is 0 Å². The van der Waals surface area contributed by atoms with Gasteiger partial charge in [-0.3, -0.25) is 14.9 Å². The molecule has 1 amide bonds. The van der Waals surface area contributed by atoms with Gasteiger partial charge in [0, 0.05) is 11.8 Å². The zero-order valence-corrected chi connectivity index (χ0v) is 12.1. The van der Waals surface area contributed by atoms with Crippen LogP contribution in [-0.2, 0) is 4.79 Å². The fourth-order valence-corrected chi connectivity index (χ4v) is 3.59. The van der Waals surface area contributed by atoms with Gasteiger partial charge in [-0.2, -0.15) is 11.8 Å². The summed E-state index contributed by atoms with van der Waals surface area (Å²) >= 11 is 1.43. The number of aliphatic carboxylic acids is 1. The minimum absolute atomic E-state index is 0.0833. The molecule has 0 spiro atoms. The Kier molecular flexibility index (Phi) is 4.17. The van der Waals surface area contributed by atoms with Crippen molar-refractivity contribution >= 4 is 29.3 Å². The van der Waals surface area contributed by atoms with Gasteiger partial charge in [0.2, 0.25) is 0 Å². The molecule has 21 heavy (non-hydrogen) atoms. The highest BCUT2D eigenvalue weighted by molar-refractivity contribution is 7.99. The Balaban J connectivity index is 2.37. The molecule has 2 rings (SSSR count). The Morgan fingerprint density at radius 3 is 2.71 bits per heavy atom. The Labute approximate surface area is 124 Å². The monoisotopic (exact) mass is 310 g/mol. The summed E-state index contributed by atoms with van der Waals surface area (Å²) in [6.07, 6.45) is 0.304. The molecule has 1 fully saturated rings. The molecule has 1 atom stereocenters. The van der Waals surface area contributed by atoms with Crippen LogP contribution in [0, 0.1) is 17.0 Å². The van der Waals surface area contributed by atoms with Gasteiger partial charge in [0.1, 0.15) is 11.1 Å². The van der Waals surface area contributed by atoms with Crippen LogP contribution in [0.4, 0.5) is 5.69 Å². The van der Waals surface area contributed by atoms with Crippen molar-refractivity contribution < 1.29 is 19.6 Å². The van der Waals surface area contributed by atoms with E-state index in [1.165, 1.54) is 23.9 Å². The number of benzene rings is 1. The molecule has 0 aliphatic carbocycles. The first kappa shape index (κ1) is 15.3. The molecule has 1 aliphatic rings. The molecule has 1 saturated heterocycles. The molecule has 0 saturated carbocycles. The van der Waals surface area contributed by atoms with Crippen molar-refractivity contribution in [3.63, 3.8) is 0 Å². The van der Waals surface area contributed by atoms with Gasteiger partial charge in [-0.05, 0) is 24.7 Å². The average molecular weight is 310 g/mol. The van der Waals surface area contributed by atoms with Gasteiger partial charge in [0.25, 0.3) is 11.6 Å². The summed E-state index contributed by atoms with van der Waals surface area (Å²) in [7, 11) is 0. The van der Waals surface area contributed by atoms with Crippen LogP contribution >= 0.6 is 11.8 Å². The predicted molar refractivity (Wildman–Crippen MR) is 77.6 cm³/mol. The number of nitro benzene ring substituents is 1. The SMILES string of the molecule is Cc1cccc([N+](=O)[O-])c1C(=O)NC1(C(=O)O)CCSC1. The lowest BCUT2D eigenvalue weighted by Crippen LogP contribution is -2.54. The number of nitro groups is 1. The predicted octanol–water partition coefficient (Wildman–Crippen LogP) is 1.59. The molecule has 0 bridgehead atoms. The third-order valence-electron chi connectivity index (χ3n) is 3.46. The van der Waals surface area contributed by atoms with Gasteiger partial charge in [0.05, 0.1) is 4.92 Å². The van der Waals surface area contributed by atoms with Gasteiger partial charge in [-0.25, -0.2) is 4.79 Å². The molecule has 0 radical (unpaired) electrons. The Morgan fingerprint density at radius 1 is 1.48 bits per heavy atom. The van der Waals surface area contributed by atoms with Crippen LogP contribution in [0.2, 0.25) is 0 Å². The quantitative estimate of drug-likeness (QED) is 0.645. The molecule has 1 aromatic rings. The van der Waals surface area contributed by atoms with Crippen molar-refractivity contribution in [3.05, 3.63) is 39.4 Å². The Bertz CT molecular complexity index is 611. The second kappa shape index (κ2) is 5.72. The van der Waals surface area contributed by atoms with Crippen molar-refractivity contribution in [2.75, 3.05) is 11.5 Å². The van der Waals surface area contributed by atoms with Crippen LogP contribution in [-0.4, -0.2) is 39.0 Å². The molecule has 0 aromatic heterocycles. The number of nitrogens with zero attached hydrogens (tertiary/aromatic N) is 1. The number of hydrogen-bond donors (Lipinski definition) is 2. The molecule has 1 aromatic carbocycles. The third-order valence-corrected chi connectivity index (χ3v) is 4.65. The van der Waals surface area contributed by atoms with E-state index in [4.69, 9.17) is 0 Å². The second-order valence-corrected chi connectivity index (χ2v) is 5.98. The van der Waals surface area contributed by atoms with Gasteiger partial charge in [-0.15, -0.1) is 0 Å². The number of amides is 1. The van der Waals surface area contributed by atoms with Crippen LogP contribution in [0.5, 0.6) is 0 Å². The van der Waals surface area contributed by atoms with Crippen molar-refractivity contribution in [2.45, 2.75) is 18.9 Å². The maximum atomic E-state index is 12.4. The Hall–Kier alpha value is -2.09. The summed E-state index contributed by atoms with van der Waals surface area (Å²) in [6.45, 7) is 1.58. The summed E-state index contributed by atoms with van der Waals surface area (Å²) in [6, 6.07) is 4.31. The molecule has 8 heteroatoms. The number of carboxylic acid groups (broad SMARTS) is 1. The van der Waals surface area contributed by atoms with Crippen molar-refractivity contribution in [1.29, 1.82) is 0 Å². The zero-order chi connectivity index (χ0) is 15.6. The topological polar surface area (TPSA) is 110 Å². The highest BCUT2D eigenvalue weighted by atomic mass is 32.2. The first-order chi connectivity index (χ1) is 9.87. The first-order valence-corrected chi connectivity index (χ1v) is 7.40. The zero-order valence-electron chi connectivity index (χ0n) is 11.3. The van der Waals surface area contributed by atoms with Gasteiger partial charge < -0.3 is 10.4 Å². The van der Waals surface area contributed by atoms with E-state index in [0.29, 0.717) is 17.7 Å². The number of aryl methyl sites for hydroxylation is 1. The lowest BCUT2D eigenvalue weighted by molar-refractivity contribution is -0.385. The standard InChI is InChI=1S/C13H14N2O5S/c1-8-3-2-4-9(15(19)20)10(8)11(16)14-13(12(17)18)5-6-21-7-13/h2-4H,5-7H2,1H3,(H,14,16)(H,17,18). The summed E-state index contributed by atoms with van der Waals surface area (Å²) in [4.78, 5) is 34.2. The lowest BCUT2D eigenvalue weighted by atomic mass is 9.97. The second-order valence-electron chi connectivity index (χ2n) is 4.87. The number of nitrogens with one attached hydrogen (secondary N) is 1. The molecule has 1 aliphatic heterocycles. The summed E-state index contributed by atoms with van der Waals surface area (Å²) in [5.74, 6) is -0.947. The van der Waals surface area contributed by atoms with E-state index >= 15 is 0 Å². The first-order valence-electron chi connectivity index (χ1n) is 6.25. The molecule has 1 unspecified atom stereocenters. The maximum absolute atomic E-state index is 12.4. The lowest BCUT2D eigenvalue weighted by Gasteiger charge is -2.24. The van der Waals surface area contributed by atoms with E-state index in [2.05, 4.69) is 5.32 Å². The molecular weight excluding hydrogens is 296 g/mol. The van der Waals surface area contributed by atoms with E-state index in [-0.39, 0.29) is 17.0 Å².